The molecule has 1 aliphatic heterocycles. The molecule has 2 rings (SSSR count). The molecule has 1 aromatic heterocycles. The second-order valence-electron chi connectivity index (χ2n) is 5.39. The van der Waals surface area contributed by atoms with Gasteiger partial charge in [-0.05, 0) is 27.7 Å². The van der Waals surface area contributed by atoms with Gasteiger partial charge in [0.25, 0.3) is 0 Å². The van der Waals surface area contributed by atoms with Gasteiger partial charge >= 0.3 is 6.09 Å². The Bertz CT molecular complexity index is 431. The topological polar surface area (TPSA) is 47.4 Å². The largest absolute Gasteiger partial charge is 0.444 e. The minimum atomic E-state index is -0.445. The van der Waals surface area contributed by atoms with Crippen LogP contribution in [0.25, 0.3) is 0 Å². The van der Waals surface area contributed by atoms with Gasteiger partial charge in [0.05, 0.1) is 12.2 Å². The highest BCUT2D eigenvalue weighted by molar-refractivity contribution is 5.68. The second-order valence-corrected chi connectivity index (χ2v) is 5.39. The third-order valence-electron chi connectivity index (χ3n) is 2.57. The van der Waals surface area contributed by atoms with Crippen LogP contribution in [0, 0.1) is 6.92 Å². The summed E-state index contributed by atoms with van der Waals surface area (Å²) in [7, 11) is 0. The summed E-state index contributed by atoms with van der Waals surface area (Å²) < 4.78 is 7.44. The Kier molecular flexibility index (Phi) is 2.85. The van der Waals surface area contributed by atoms with Crippen molar-refractivity contribution in [2.75, 3.05) is 6.54 Å². The van der Waals surface area contributed by atoms with Crippen LogP contribution in [-0.2, 0) is 17.8 Å². The first-order chi connectivity index (χ1) is 7.85. The molecular formula is C12H19N3O2. The van der Waals surface area contributed by atoms with Crippen LogP contribution in [0.5, 0.6) is 0 Å². The summed E-state index contributed by atoms with van der Waals surface area (Å²) in [5.74, 6) is 0.930. The van der Waals surface area contributed by atoms with E-state index in [1.54, 1.807) is 4.90 Å². The highest BCUT2D eigenvalue weighted by Crippen LogP contribution is 2.16. The van der Waals surface area contributed by atoms with E-state index in [-0.39, 0.29) is 6.09 Å². The number of aromatic nitrogens is 2. The molecule has 1 aromatic rings. The Morgan fingerprint density at radius 2 is 2.12 bits per heavy atom. The fourth-order valence-electron chi connectivity index (χ4n) is 1.88. The van der Waals surface area contributed by atoms with E-state index in [2.05, 4.69) is 9.55 Å². The molecule has 5 heteroatoms. The third kappa shape index (κ3) is 2.78. The van der Waals surface area contributed by atoms with Crippen LogP contribution in [0.2, 0.25) is 0 Å². The predicted octanol–water partition coefficient (Wildman–Crippen LogP) is 1.94. The average molecular weight is 237 g/mol. The molecule has 0 atom stereocenters. The Morgan fingerprint density at radius 3 is 2.76 bits per heavy atom. The number of amides is 1. The summed E-state index contributed by atoms with van der Waals surface area (Å²) in [6.45, 7) is 9.58. The fraction of sp³-hybridized carbons (Fsp3) is 0.667. The Morgan fingerprint density at radius 1 is 1.41 bits per heavy atom. The van der Waals surface area contributed by atoms with Crippen molar-refractivity contribution in [3.8, 4) is 0 Å². The lowest BCUT2D eigenvalue weighted by atomic mass is 10.2. The second kappa shape index (κ2) is 4.05. The maximum Gasteiger partial charge on any atom is 0.410 e. The molecule has 0 bridgehead atoms. The zero-order valence-corrected chi connectivity index (χ0v) is 10.9. The number of carbonyl (C=O) groups is 1. The van der Waals surface area contributed by atoms with E-state index in [0.717, 1.165) is 18.1 Å². The van der Waals surface area contributed by atoms with E-state index < -0.39 is 5.60 Å². The molecule has 0 saturated carbocycles. The lowest BCUT2D eigenvalue weighted by Crippen LogP contribution is -2.41. The van der Waals surface area contributed by atoms with Crippen LogP contribution in [0.3, 0.4) is 0 Å². The molecule has 0 spiro atoms. The van der Waals surface area contributed by atoms with Crippen LogP contribution in [0.4, 0.5) is 4.79 Å². The van der Waals surface area contributed by atoms with Crippen LogP contribution < -0.4 is 0 Å². The predicted molar refractivity (Wildman–Crippen MR) is 63.6 cm³/mol. The molecule has 0 aromatic carbocycles. The van der Waals surface area contributed by atoms with Gasteiger partial charge in [-0.2, -0.15) is 0 Å². The third-order valence-corrected chi connectivity index (χ3v) is 2.57. The number of hydrogen-bond donors (Lipinski definition) is 0. The first-order valence-corrected chi connectivity index (χ1v) is 5.86. The molecule has 2 heterocycles. The number of ether oxygens (including phenoxy) is 1. The molecule has 1 amide bonds. The zero-order valence-electron chi connectivity index (χ0n) is 10.9. The van der Waals surface area contributed by atoms with E-state index in [0.29, 0.717) is 13.1 Å². The number of imidazole rings is 1. The normalized spacial score (nSPS) is 15.6. The van der Waals surface area contributed by atoms with Crippen molar-refractivity contribution < 1.29 is 9.53 Å². The van der Waals surface area contributed by atoms with Crippen molar-refractivity contribution in [3.63, 3.8) is 0 Å². The summed E-state index contributed by atoms with van der Waals surface area (Å²) >= 11 is 0. The summed E-state index contributed by atoms with van der Waals surface area (Å²) in [4.78, 5) is 18.0. The maximum atomic E-state index is 11.9. The summed E-state index contributed by atoms with van der Waals surface area (Å²) in [6.07, 6.45) is 1.76. The lowest BCUT2D eigenvalue weighted by molar-refractivity contribution is 0.0195. The number of carbonyl (C=O) groups excluding carboxylic acids is 1. The fourth-order valence-corrected chi connectivity index (χ4v) is 1.88. The van der Waals surface area contributed by atoms with E-state index in [1.807, 2.05) is 33.9 Å². The molecule has 1 aliphatic rings. The number of aryl methyl sites for hydroxylation is 1. The number of rotatable bonds is 0. The summed E-state index contributed by atoms with van der Waals surface area (Å²) in [5.41, 5.74) is 0.547. The van der Waals surface area contributed by atoms with Gasteiger partial charge in [-0.3, -0.25) is 4.90 Å². The standard InChI is InChI=1S/C12H19N3O2/c1-9-7-14-5-6-15(8-10(14)13-9)11(16)17-12(2,3)4/h7H,5-6,8H2,1-4H3. The van der Waals surface area contributed by atoms with Gasteiger partial charge in [-0.25, -0.2) is 9.78 Å². The minimum absolute atomic E-state index is 0.260. The lowest BCUT2D eigenvalue weighted by Gasteiger charge is -2.30. The zero-order chi connectivity index (χ0) is 12.6. The molecule has 17 heavy (non-hydrogen) atoms. The van der Waals surface area contributed by atoms with Gasteiger partial charge in [0.2, 0.25) is 0 Å². The molecule has 0 fully saturated rings. The number of nitrogens with zero attached hydrogens (tertiary/aromatic N) is 3. The van der Waals surface area contributed by atoms with Crippen LogP contribution in [0.1, 0.15) is 32.3 Å². The summed E-state index contributed by atoms with van der Waals surface area (Å²) in [5, 5.41) is 0. The maximum absolute atomic E-state index is 11.9. The molecular weight excluding hydrogens is 218 g/mol. The van der Waals surface area contributed by atoms with Gasteiger partial charge in [0.1, 0.15) is 11.4 Å². The number of hydrogen-bond acceptors (Lipinski definition) is 3. The van der Waals surface area contributed by atoms with Gasteiger partial charge < -0.3 is 9.30 Å². The molecule has 0 aliphatic carbocycles. The van der Waals surface area contributed by atoms with Crippen LogP contribution in [-0.4, -0.2) is 32.7 Å². The van der Waals surface area contributed by atoms with Crippen molar-refractivity contribution in [2.24, 2.45) is 0 Å². The molecule has 0 saturated heterocycles. The molecule has 0 radical (unpaired) electrons. The smallest absolute Gasteiger partial charge is 0.410 e. The van der Waals surface area contributed by atoms with E-state index >= 15 is 0 Å². The first kappa shape index (κ1) is 12.0. The van der Waals surface area contributed by atoms with E-state index in [1.165, 1.54) is 0 Å². The van der Waals surface area contributed by atoms with Crippen molar-refractivity contribution in [1.82, 2.24) is 14.5 Å². The van der Waals surface area contributed by atoms with E-state index in [4.69, 9.17) is 4.74 Å². The van der Waals surface area contributed by atoms with Gasteiger partial charge in [-0.15, -0.1) is 0 Å². The average Bonchev–Trinajstić information content (AvgIpc) is 2.53. The molecule has 0 unspecified atom stereocenters. The first-order valence-electron chi connectivity index (χ1n) is 5.86. The SMILES string of the molecule is Cc1cn2c(n1)CN(C(=O)OC(C)(C)C)CC2. The Labute approximate surface area is 101 Å². The van der Waals surface area contributed by atoms with Gasteiger partial charge in [0.15, 0.2) is 0 Å². The molecule has 5 nitrogen and oxygen atoms in total. The van der Waals surface area contributed by atoms with Crippen molar-refractivity contribution in [2.45, 2.75) is 46.4 Å². The summed E-state index contributed by atoms with van der Waals surface area (Å²) in [6, 6.07) is 0. The highest BCUT2D eigenvalue weighted by Gasteiger charge is 2.26. The Balaban J connectivity index is 2.05. The highest BCUT2D eigenvalue weighted by atomic mass is 16.6. The quantitative estimate of drug-likeness (QED) is 0.692. The van der Waals surface area contributed by atoms with Crippen molar-refractivity contribution in [1.29, 1.82) is 0 Å². The monoisotopic (exact) mass is 237 g/mol. The minimum Gasteiger partial charge on any atom is -0.444 e. The molecule has 94 valence electrons. The van der Waals surface area contributed by atoms with Gasteiger partial charge in [-0.1, -0.05) is 0 Å². The number of fused-ring (bicyclic) bond motifs is 1. The van der Waals surface area contributed by atoms with Crippen molar-refractivity contribution >= 4 is 6.09 Å². The van der Waals surface area contributed by atoms with Crippen LogP contribution >= 0.6 is 0 Å². The molecule has 0 N–H and O–H groups in total. The van der Waals surface area contributed by atoms with Crippen molar-refractivity contribution in [3.05, 3.63) is 17.7 Å². The van der Waals surface area contributed by atoms with E-state index in [9.17, 15) is 4.79 Å². The van der Waals surface area contributed by atoms with Crippen LogP contribution in [0.15, 0.2) is 6.20 Å². The Hall–Kier alpha value is -1.52. The van der Waals surface area contributed by atoms with Gasteiger partial charge in [0, 0.05) is 19.3 Å².